The summed E-state index contributed by atoms with van der Waals surface area (Å²) >= 11 is 0. The molecule has 0 spiro atoms. The van der Waals surface area contributed by atoms with E-state index in [1.807, 2.05) is 0 Å². The molecular weight excluding hydrogens is 327 g/mol. The predicted octanol–water partition coefficient (Wildman–Crippen LogP) is 1.86. The van der Waals surface area contributed by atoms with Gasteiger partial charge in [-0.3, -0.25) is 4.79 Å². The van der Waals surface area contributed by atoms with Crippen LogP contribution in [0, 0.1) is 12.7 Å². The van der Waals surface area contributed by atoms with E-state index in [0.717, 1.165) is 0 Å². The van der Waals surface area contributed by atoms with E-state index in [4.69, 9.17) is 4.52 Å². The number of aromatic nitrogens is 5. The Morgan fingerprint density at radius 1 is 1.36 bits per heavy atom. The highest BCUT2D eigenvalue weighted by molar-refractivity contribution is 5.94. The second-order valence-corrected chi connectivity index (χ2v) is 5.90. The van der Waals surface area contributed by atoms with Gasteiger partial charge in [0.25, 0.3) is 11.8 Å². The molecular formula is C16H15FN6O2. The fourth-order valence-electron chi connectivity index (χ4n) is 2.90. The molecule has 0 radical (unpaired) electrons. The maximum absolute atomic E-state index is 13.8. The van der Waals surface area contributed by atoms with Crippen LogP contribution in [0.1, 0.15) is 28.6 Å². The van der Waals surface area contributed by atoms with E-state index in [2.05, 4.69) is 20.5 Å². The summed E-state index contributed by atoms with van der Waals surface area (Å²) in [5.74, 6) is 0.00679. The molecule has 1 fully saturated rings. The third-order valence-corrected chi connectivity index (χ3v) is 4.19. The maximum Gasteiger partial charge on any atom is 0.280 e. The van der Waals surface area contributed by atoms with Crippen molar-refractivity contribution >= 4 is 5.91 Å². The summed E-state index contributed by atoms with van der Waals surface area (Å²) in [6, 6.07) is 5.98. The van der Waals surface area contributed by atoms with Gasteiger partial charge in [-0.25, -0.2) is 9.07 Å². The molecule has 1 aliphatic heterocycles. The maximum atomic E-state index is 13.8. The van der Waals surface area contributed by atoms with E-state index in [1.165, 1.54) is 12.1 Å². The van der Waals surface area contributed by atoms with E-state index in [-0.39, 0.29) is 17.5 Å². The van der Waals surface area contributed by atoms with Crippen molar-refractivity contribution in [3.05, 3.63) is 47.7 Å². The lowest BCUT2D eigenvalue weighted by Gasteiger charge is -2.16. The SMILES string of the molecule is Cc1noc(-c2cn([C@@H]3CCN(C(=O)c4ccccc4F)C3)nn2)n1. The van der Waals surface area contributed by atoms with E-state index < -0.39 is 5.82 Å². The second kappa shape index (κ2) is 6.08. The Morgan fingerprint density at radius 3 is 2.96 bits per heavy atom. The zero-order chi connectivity index (χ0) is 17.4. The number of carbonyl (C=O) groups is 1. The van der Waals surface area contributed by atoms with Crippen molar-refractivity contribution in [2.45, 2.75) is 19.4 Å². The van der Waals surface area contributed by atoms with Gasteiger partial charge in [0, 0.05) is 13.1 Å². The van der Waals surface area contributed by atoms with Gasteiger partial charge < -0.3 is 9.42 Å². The van der Waals surface area contributed by atoms with Crippen LogP contribution in [0.15, 0.2) is 35.0 Å². The van der Waals surface area contributed by atoms with Gasteiger partial charge >= 0.3 is 0 Å². The largest absolute Gasteiger partial charge is 0.336 e. The van der Waals surface area contributed by atoms with E-state index >= 15 is 0 Å². The summed E-state index contributed by atoms with van der Waals surface area (Å²) in [7, 11) is 0. The van der Waals surface area contributed by atoms with Crippen molar-refractivity contribution in [3.63, 3.8) is 0 Å². The highest BCUT2D eigenvalue weighted by Gasteiger charge is 2.30. The molecule has 1 atom stereocenters. The molecule has 1 aromatic carbocycles. The number of likely N-dealkylation sites (tertiary alicyclic amines) is 1. The molecule has 1 aliphatic rings. The average molecular weight is 342 g/mol. The standard InChI is InChI=1S/C16H15FN6O2/c1-10-18-15(25-20-10)14-9-23(21-19-14)11-6-7-22(8-11)16(24)12-4-2-3-5-13(12)17/h2-5,9,11H,6-8H2,1H3/t11-/m1/s1. The molecule has 0 N–H and O–H groups in total. The number of aryl methyl sites for hydroxylation is 1. The number of nitrogens with zero attached hydrogens (tertiary/aromatic N) is 6. The van der Waals surface area contributed by atoms with Gasteiger partial charge in [0.15, 0.2) is 11.5 Å². The Balaban J connectivity index is 1.49. The molecule has 3 aromatic rings. The number of halogens is 1. The number of hydrogen-bond donors (Lipinski definition) is 0. The highest BCUT2D eigenvalue weighted by Crippen LogP contribution is 2.24. The first-order valence-corrected chi connectivity index (χ1v) is 7.88. The molecule has 4 rings (SSSR count). The van der Waals surface area contributed by atoms with Gasteiger partial charge in [-0.2, -0.15) is 4.98 Å². The van der Waals surface area contributed by atoms with Crippen LogP contribution >= 0.6 is 0 Å². The minimum atomic E-state index is -0.509. The molecule has 3 heterocycles. The fourth-order valence-corrected chi connectivity index (χ4v) is 2.90. The fraction of sp³-hybridized carbons (Fsp3) is 0.312. The van der Waals surface area contributed by atoms with Crippen molar-refractivity contribution in [2.24, 2.45) is 0 Å². The first-order chi connectivity index (χ1) is 12.1. The summed E-state index contributed by atoms with van der Waals surface area (Å²) in [6.45, 7) is 2.70. The van der Waals surface area contributed by atoms with Crippen molar-refractivity contribution in [3.8, 4) is 11.6 Å². The van der Waals surface area contributed by atoms with Crippen LogP contribution in [0.4, 0.5) is 4.39 Å². The van der Waals surface area contributed by atoms with Crippen molar-refractivity contribution in [1.29, 1.82) is 0 Å². The van der Waals surface area contributed by atoms with Crippen LogP contribution in [0.3, 0.4) is 0 Å². The third-order valence-electron chi connectivity index (χ3n) is 4.19. The third kappa shape index (κ3) is 2.88. The monoisotopic (exact) mass is 342 g/mol. The molecule has 0 aliphatic carbocycles. The predicted molar refractivity (Wildman–Crippen MR) is 84.0 cm³/mol. The smallest absolute Gasteiger partial charge is 0.280 e. The minimum Gasteiger partial charge on any atom is -0.336 e. The van der Waals surface area contributed by atoms with Crippen molar-refractivity contribution < 1.29 is 13.7 Å². The Labute approximate surface area is 142 Å². The zero-order valence-corrected chi connectivity index (χ0v) is 13.5. The average Bonchev–Trinajstić information content (AvgIpc) is 3.34. The van der Waals surface area contributed by atoms with Crippen LogP contribution in [0.2, 0.25) is 0 Å². The normalized spacial score (nSPS) is 17.2. The number of rotatable bonds is 3. The van der Waals surface area contributed by atoms with E-state index in [1.54, 1.807) is 34.8 Å². The van der Waals surface area contributed by atoms with Gasteiger partial charge in [0.1, 0.15) is 5.82 Å². The van der Waals surface area contributed by atoms with Crippen LogP contribution in [-0.4, -0.2) is 49.0 Å². The van der Waals surface area contributed by atoms with Gasteiger partial charge in [-0.05, 0) is 25.5 Å². The Bertz CT molecular complexity index is 921. The van der Waals surface area contributed by atoms with Crippen LogP contribution < -0.4 is 0 Å². The topological polar surface area (TPSA) is 89.9 Å². The number of carbonyl (C=O) groups excluding carboxylic acids is 1. The molecule has 128 valence electrons. The molecule has 0 bridgehead atoms. The lowest BCUT2D eigenvalue weighted by Crippen LogP contribution is -2.29. The quantitative estimate of drug-likeness (QED) is 0.722. The van der Waals surface area contributed by atoms with Gasteiger partial charge in [0.05, 0.1) is 17.8 Å². The molecule has 9 heteroatoms. The summed E-state index contributed by atoms with van der Waals surface area (Å²) in [5, 5.41) is 11.9. The van der Waals surface area contributed by atoms with Gasteiger partial charge in [-0.15, -0.1) is 5.10 Å². The molecule has 8 nitrogen and oxygen atoms in total. The summed E-state index contributed by atoms with van der Waals surface area (Å²) < 4.78 is 20.6. The molecule has 1 amide bonds. The van der Waals surface area contributed by atoms with Crippen molar-refractivity contribution in [2.75, 3.05) is 13.1 Å². The van der Waals surface area contributed by atoms with Crippen molar-refractivity contribution in [1.82, 2.24) is 30.0 Å². The summed E-state index contributed by atoms with van der Waals surface area (Å²) in [5.41, 5.74) is 0.572. The molecule has 1 saturated heterocycles. The van der Waals surface area contributed by atoms with Gasteiger partial charge in [-0.1, -0.05) is 22.5 Å². The van der Waals surface area contributed by atoms with E-state index in [9.17, 15) is 9.18 Å². The number of hydrogen-bond acceptors (Lipinski definition) is 6. The van der Waals surface area contributed by atoms with Crippen LogP contribution in [0.25, 0.3) is 11.6 Å². The lowest BCUT2D eigenvalue weighted by molar-refractivity contribution is 0.0782. The Morgan fingerprint density at radius 2 is 2.20 bits per heavy atom. The second-order valence-electron chi connectivity index (χ2n) is 5.90. The van der Waals surface area contributed by atoms with Gasteiger partial charge in [0.2, 0.25) is 0 Å². The Hall–Kier alpha value is -3.10. The number of benzene rings is 1. The molecule has 25 heavy (non-hydrogen) atoms. The van der Waals surface area contributed by atoms with Crippen LogP contribution in [0.5, 0.6) is 0 Å². The molecule has 2 aromatic heterocycles. The highest BCUT2D eigenvalue weighted by atomic mass is 19.1. The van der Waals surface area contributed by atoms with Crippen LogP contribution in [-0.2, 0) is 0 Å². The van der Waals surface area contributed by atoms with E-state index in [0.29, 0.717) is 36.9 Å². The molecule has 0 unspecified atom stereocenters. The first-order valence-electron chi connectivity index (χ1n) is 7.88. The zero-order valence-electron chi connectivity index (χ0n) is 13.5. The lowest BCUT2D eigenvalue weighted by atomic mass is 10.2. The molecule has 0 saturated carbocycles. The Kier molecular flexibility index (Phi) is 3.75. The number of amides is 1. The summed E-state index contributed by atoms with van der Waals surface area (Å²) in [4.78, 5) is 18.2. The summed E-state index contributed by atoms with van der Waals surface area (Å²) in [6.07, 6.45) is 2.43. The first kappa shape index (κ1) is 15.4. The minimum absolute atomic E-state index is 0.0269.